The summed E-state index contributed by atoms with van der Waals surface area (Å²) >= 11 is 0. The van der Waals surface area contributed by atoms with Crippen LogP contribution in [-0.2, 0) is 28.7 Å². The lowest BCUT2D eigenvalue weighted by Gasteiger charge is -2.35. The van der Waals surface area contributed by atoms with E-state index >= 15 is 0 Å². The molecule has 0 spiro atoms. The van der Waals surface area contributed by atoms with Crippen molar-refractivity contribution in [3.05, 3.63) is 54.2 Å². The Kier molecular flexibility index (Phi) is 11.2. The molecule has 44 heavy (non-hydrogen) atoms. The van der Waals surface area contributed by atoms with E-state index in [1.165, 1.54) is 11.0 Å². The van der Waals surface area contributed by atoms with Gasteiger partial charge in [-0.3, -0.25) is 19.2 Å². The molecule has 2 heterocycles. The fourth-order valence-electron chi connectivity index (χ4n) is 4.91. The smallest absolute Gasteiger partial charge is 0.330 e. The number of aromatic nitrogens is 1. The van der Waals surface area contributed by atoms with Gasteiger partial charge in [-0.2, -0.15) is 0 Å². The topological polar surface area (TPSA) is 144 Å². The summed E-state index contributed by atoms with van der Waals surface area (Å²) in [5.74, 6) is -2.54. The molecule has 2 aromatic rings. The van der Waals surface area contributed by atoms with Crippen molar-refractivity contribution in [2.24, 2.45) is 5.41 Å². The third-order valence-electron chi connectivity index (χ3n) is 6.94. The molecule has 2 N–H and O–H groups in total. The third-order valence-corrected chi connectivity index (χ3v) is 6.94. The number of para-hydroxylation sites is 1. The molecule has 0 bridgehead atoms. The summed E-state index contributed by atoms with van der Waals surface area (Å²) in [6.07, 6.45) is 3.29. The van der Waals surface area contributed by atoms with E-state index in [-0.39, 0.29) is 18.7 Å². The zero-order valence-corrected chi connectivity index (χ0v) is 26.6. The van der Waals surface area contributed by atoms with Gasteiger partial charge in [0.2, 0.25) is 11.8 Å². The number of benzene rings is 1. The van der Waals surface area contributed by atoms with Gasteiger partial charge in [-0.15, -0.1) is 0 Å². The second-order valence-corrected chi connectivity index (χ2v) is 12.9. The Bertz CT molecular complexity index is 1410. The number of rotatable bonds is 10. The molecule has 3 amide bonds. The van der Waals surface area contributed by atoms with Crippen LogP contribution in [0.1, 0.15) is 78.2 Å². The average Bonchev–Trinajstić information content (AvgIpc) is 3.43. The van der Waals surface area contributed by atoms with Crippen LogP contribution < -0.4 is 10.6 Å². The quantitative estimate of drug-likeness (QED) is 0.307. The summed E-state index contributed by atoms with van der Waals surface area (Å²) in [6.45, 7) is 12.9. The van der Waals surface area contributed by atoms with Crippen molar-refractivity contribution >= 4 is 40.6 Å². The summed E-state index contributed by atoms with van der Waals surface area (Å²) in [7, 11) is 0. The number of hydrogen-bond donors (Lipinski definition) is 2. The molecule has 1 fully saturated rings. The number of nitrogens with one attached hydrogen (secondary N) is 2. The van der Waals surface area contributed by atoms with Crippen LogP contribution in [0.3, 0.4) is 0 Å². The lowest BCUT2D eigenvalue weighted by molar-refractivity contribution is -0.155. The number of nitrogens with zero attached hydrogens (tertiary/aromatic N) is 2. The summed E-state index contributed by atoms with van der Waals surface area (Å²) in [5.41, 5.74) is -0.581. The van der Waals surface area contributed by atoms with Gasteiger partial charge in [0.25, 0.3) is 5.91 Å². The van der Waals surface area contributed by atoms with Gasteiger partial charge < -0.3 is 25.0 Å². The minimum Gasteiger partial charge on any atom is -0.463 e. The fraction of sp³-hybridized carbons (Fsp3) is 0.515. The number of carbonyl (C=O) groups is 5. The molecule has 11 nitrogen and oxygen atoms in total. The molecule has 1 aromatic carbocycles. The Labute approximate surface area is 258 Å². The van der Waals surface area contributed by atoms with Crippen molar-refractivity contribution in [1.29, 1.82) is 0 Å². The van der Waals surface area contributed by atoms with Gasteiger partial charge in [0, 0.05) is 18.0 Å². The standard InChI is InChI=1S/C33H44N4O7/c1-8-43-26(38)18-16-22(20-27(39)44-33(5,6)7)34-30(41)25-14-11-19-37(25)31(42)28(32(2,3)4)36-29(40)24-17-15-21-12-9-10-13-23(21)35-24/h9-10,12-13,15-18,22,25,28H,8,11,14,19-20H2,1-7H3,(H,34,41)(H,36,40)/t22-,25-,28-/m1/s1. The largest absolute Gasteiger partial charge is 0.463 e. The molecule has 1 aliphatic rings. The van der Waals surface area contributed by atoms with Crippen LogP contribution in [0.25, 0.3) is 10.9 Å². The Morgan fingerprint density at radius 2 is 1.73 bits per heavy atom. The van der Waals surface area contributed by atoms with Crippen molar-refractivity contribution in [2.75, 3.05) is 13.2 Å². The maximum Gasteiger partial charge on any atom is 0.330 e. The predicted molar refractivity (Wildman–Crippen MR) is 165 cm³/mol. The normalized spacial score (nSPS) is 16.8. The van der Waals surface area contributed by atoms with Gasteiger partial charge in [0.1, 0.15) is 23.4 Å². The maximum atomic E-state index is 14.0. The number of amides is 3. The van der Waals surface area contributed by atoms with E-state index in [1.54, 1.807) is 39.8 Å². The van der Waals surface area contributed by atoms with Gasteiger partial charge in [-0.05, 0) is 58.1 Å². The first-order valence-corrected chi connectivity index (χ1v) is 14.9. The molecule has 11 heteroatoms. The molecule has 0 saturated carbocycles. The number of carbonyl (C=O) groups excluding carboxylic acids is 5. The Balaban J connectivity index is 1.78. The summed E-state index contributed by atoms with van der Waals surface area (Å²) < 4.78 is 10.3. The van der Waals surface area contributed by atoms with Crippen LogP contribution in [0, 0.1) is 5.41 Å². The predicted octanol–water partition coefficient (Wildman–Crippen LogP) is 3.71. The lowest BCUT2D eigenvalue weighted by Crippen LogP contribution is -2.58. The number of ether oxygens (including phenoxy) is 2. The van der Waals surface area contributed by atoms with Crippen molar-refractivity contribution in [3.63, 3.8) is 0 Å². The van der Waals surface area contributed by atoms with Crippen molar-refractivity contribution in [2.45, 2.75) is 91.5 Å². The molecular weight excluding hydrogens is 564 g/mol. The van der Waals surface area contributed by atoms with Gasteiger partial charge >= 0.3 is 11.9 Å². The van der Waals surface area contributed by atoms with E-state index in [1.807, 2.05) is 45.0 Å². The lowest BCUT2D eigenvalue weighted by atomic mass is 9.85. The highest BCUT2D eigenvalue weighted by Gasteiger charge is 2.42. The Morgan fingerprint density at radius 1 is 1.02 bits per heavy atom. The minimum atomic E-state index is -0.946. The highest BCUT2D eigenvalue weighted by atomic mass is 16.6. The van der Waals surface area contributed by atoms with E-state index in [2.05, 4.69) is 15.6 Å². The van der Waals surface area contributed by atoms with Gasteiger partial charge in [0.05, 0.1) is 24.6 Å². The molecule has 3 atom stereocenters. The first-order chi connectivity index (χ1) is 20.6. The van der Waals surface area contributed by atoms with Crippen LogP contribution in [0.5, 0.6) is 0 Å². The first kappa shape index (κ1) is 34.2. The van der Waals surface area contributed by atoms with Gasteiger partial charge in [0.15, 0.2) is 0 Å². The molecular formula is C33H44N4O7. The number of pyridine rings is 1. The number of hydrogen-bond acceptors (Lipinski definition) is 8. The monoisotopic (exact) mass is 608 g/mol. The van der Waals surface area contributed by atoms with Crippen LogP contribution in [0.4, 0.5) is 0 Å². The molecule has 1 aromatic heterocycles. The summed E-state index contributed by atoms with van der Waals surface area (Å²) in [5, 5.41) is 6.54. The third kappa shape index (κ3) is 9.62. The zero-order valence-electron chi connectivity index (χ0n) is 26.6. The van der Waals surface area contributed by atoms with E-state index in [4.69, 9.17) is 9.47 Å². The van der Waals surface area contributed by atoms with Crippen molar-refractivity contribution in [3.8, 4) is 0 Å². The highest BCUT2D eigenvalue weighted by Crippen LogP contribution is 2.26. The van der Waals surface area contributed by atoms with E-state index < -0.39 is 58.8 Å². The second-order valence-electron chi connectivity index (χ2n) is 12.9. The molecule has 0 radical (unpaired) electrons. The van der Waals surface area contributed by atoms with Crippen LogP contribution in [-0.4, -0.2) is 76.4 Å². The summed E-state index contributed by atoms with van der Waals surface area (Å²) in [6, 6.07) is 8.19. The van der Waals surface area contributed by atoms with Gasteiger partial charge in [-0.25, -0.2) is 9.78 Å². The number of likely N-dealkylation sites (tertiary alicyclic amines) is 1. The molecule has 3 rings (SSSR count). The molecule has 238 valence electrons. The first-order valence-electron chi connectivity index (χ1n) is 14.9. The number of fused-ring (bicyclic) bond motifs is 1. The van der Waals surface area contributed by atoms with Crippen LogP contribution in [0.15, 0.2) is 48.6 Å². The van der Waals surface area contributed by atoms with Crippen LogP contribution >= 0.6 is 0 Å². The average molecular weight is 609 g/mol. The van der Waals surface area contributed by atoms with E-state index in [9.17, 15) is 24.0 Å². The van der Waals surface area contributed by atoms with Gasteiger partial charge in [-0.1, -0.05) is 51.1 Å². The van der Waals surface area contributed by atoms with E-state index in [0.29, 0.717) is 24.9 Å². The molecule has 1 saturated heterocycles. The van der Waals surface area contributed by atoms with Crippen LogP contribution in [0.2, 0.25) is 0 Å². The minimum absolute atomic E-state index is 0.174. The number of esters is 2. The Morgan fingerprint density at radius 3 is 2.39 bits per heavy atom. The van der Waals surface area contributed by atoms with E-state index in [0.717, 1.165) is 11.5 Å². The molecule has 0 aliphatic carbocycles. The fourth-order valence-corrected chi connectivity index (χ4v) is 4.91. The Hall–Kier alpha value is -4.28. The SMILES string of the molecule is CCOC(=O)C=C[C@H](CC(=O)OC(C)(C)C)NC(=O)[C@H]1CCCN1C(=O)[C@@H](NC(=O)c1ccc2ccccc2n1)C(C)(C)C. The second kappa shape index (κ2) is 14.5. The highest BCUT2D eigenvalue weighted by molar-refractivity contribution is 5.99. The van der Waals surface area contributed by atoms with Crippen molar-refractivity contribution < 1.29 is 33.4 Å². The maximum absolute atomic E-state index is 14.0. The molecule has 1 aliphatic heterocycles. The van der Waals surface area contributed by atoms with Crippen molar-refractivity contribution in [1.82, 2.24) is 20.5 Å². The summed E-state index contributed by atoms with van der Waals surface area (Å²) in [4.78, 5) is 71.2. The zero-order chi connectivity index (χ0) is 32.7. The molecule has 0 unspecified atom stereocenters.